The monoisotopic (exact) mass is 314 g/mol. The van der Waals surface area contributed by atoms with Gasteiger partial charge in [-0.2, -0.15) is 0 Å². The van der Waals surface area contributed by atoms with Crippen molar-refractivity contribution < 1.29 is 9.59 Å². The molecule has 1 N–H and O–H groups in total. The number of hydrogen-bond donors (Lipinski definition) is 1. The van der Waals surface area contributed by atoms with Crippen molar-refractivity contribution in [1.29, 1.82) is 0 Å². The lowest BCUT2D eigenvalue weighted by molar-refractivity contribution is -0.109. The van der Waals surface area contributed by atoms with Crippen LogP contribution in [0.5, 0.6) is 0 Å². The van der Waals surface area contributed by atoms with Gasteiger partial charge in [-0.05, 0) is 12.1 Å². The van der Waals surface area contributed by atoms with Crippen molar-refractivity contribution in [2.45, 2.75) is 0 Å². The number of halogens is 2. The second-order valence-electron chi connectivity index (χ2n) is 3.55. The van der Waals surface area contributed by atoms with E-state index < -0.39 is 0 Å². The third-order valence-electron chi connectivity index (χ3n) is 2.30. The molecule has 7 heteroatoms. The second-order valence-corrected chi connectivity index (χ2v) is 5.39. The van der Waals surface area contributed by atoms with Crippen LogP contribution in [-0.2, 0) is 4.79 Å². The van der Waals surface area contributed by atoms with Gasteiger partial charge in [-0.1, -0.05) is 29.3 Å². The van der Waals surface area contributed by atoms with Gasteiger partial charge in [0.15, 0.2) is 5.01 Å². The van der Waals surface area contributed by atoms with Crippen molar-refractivity contribution in [3.63, 3.8) is 0 Å². The van der Waals surface area contributed by atoms with Crippen molar-refractivity contribution in [1.82, 2.24) is 10.3 Å². The number of hydrogen-bond acceptors (Lipinski definition) is 4. The van der Waals surface area contributed by atoms with Crippen molar-refractivity contribution in [3.8, 4) is 10.4 Å². The molecule has 0 aliphatic carbocycles. The summed E-state index contributed by atoms with van der Waals surface area (Å²) in [5.74, 6) is -0.258. The van der Waals surface area contributed by atoms with E-state index in [-0.39, 0.29) is 12.3 Å². The van der Waals surface area contributed by atoms with Gasteiger partial charge in [-0.3, -0.25) is 9.59 Å². The second kappa shape index (κ2) is 6.14. The number of nitrogens with one attached hydrogen (secondary N) is 1. The Bertz CT molecular complexity index is 608. The van der Waals surface area contributed by atoms with E-state index in [2.05, 4.69) is 10.3 Å². The van der Waals surface area contributed by atoms with Gasteiger partial charge in [0.05, 0.1) is 21.5 Å². The zero-order valence-electron chi connectivity index (χ0n) is 9.52. The fourth-order valence-electron chi connectivity index (χ4n) is 1.46. The number of ketones is 1. The van der Waals surface area contributed by atoms with E-state index in [0.717, 1.165) is 0 Å². The van der Waals surface area contributed by atoms with Gasteiger partial charge in [0.1, 0.15) is 0 Å². The zero-order valence-corrected chi connectivity index (χ0v) is 11.9. The average molecular weight is 315 g/mol. The molecule has 0 aliphatic rings. The van der Waals surface area contributed by atoms with Crippen LogP contribution in [0, 0.1) is 0 Å². The molecule has 1 amide bonds. The Morgan fingerprint density at radius 3 is 2.68 bits per heavy atom. The van der Waals surface area contributed by atoms with Gasteiger partial charge in [0, 0.05) is 11.8 Å². The molecule has 1 aromatic carbocycles. The highest BCUT2D eigenvalue weighted by Gasteiger charge is 2.15. The lowest BCUT2D eigenvalue weighted by Gasteiger charge is -2.02. The van der Waals surface area contributed by atoms with Gasteiger partial charge < -0.3 is 5.32 Å². The first-order valence-corrected chi connectivity index (χ1v) is 6.81. The minimum Gasteiger partial charge on any atom is -0.351 e. The third-order valence-corrected chi connectivity index (χ3v) is 3.99. The average Bonchev–Trinajstić information content (AvgIpc) is 2.85. The van der Waals surface area contributed by atoms with E-state index in [1.54, 1.807) is 24.4 Å². The number of aromatic nitrogens is 1. The number of nitrogens with zero attached hydrogens (tertiary/aromatic N) is 1. The first kappa shape index (κ1) is 14.0. The van der Waals surface area contributed by atoms with Crippen LogP contribution in [0.25, 0.3) is 10.4 Å². The Labute approximate surface area is 123 Å². The summed E-state index contributed by atoms with van der Waals surface area (Å²) in [7, 11) is 0. The molecule has 0 saturated carbocycles. The van der Waals surface area contributed by atoms with Crippen LogP contribution < -0.4 is 5.32 Å². The van der Waals surface area contributed by atoms with Crippen LogP contribution in [0.15, 0.2) is 24.4 Å². The van der Waals surface area contributed by atoms with Gasteiger partial charge in [-0.25, -0.2) is 4.98 Å². The van der Waals surface area contributed by atoms with E-state index in [0.29, 0.717) is 31.9 Å². The maximum atomic E-state index is 11.7. The summed E-state index contributed by atoms with van der Waals surface area (Å²) in [5, 5.41) is 3.61. The summed E-state index contributed by atoms with van der Waals surface area (Å²) < 4.78 is 0. The Hall–Kier alpha value is -1.43. The molecule has 0 fully saturated rings. The molecule has 2 aromatic rings. The first-order chi connectivity index (χ1) is 9.13. The molecule has 2 rings (SSSR count). The number of carbonyl (C=O) groups is 2. The van der Waals surface area contributed by atoms with Gasteiger partial charge >= 0.3 is 0 Å². The third kappa shape index (κ3) is 3.12. The number of rotatable bonds is 5. The Morgan fingerprint density at radius 2 is 2.05 bits per heavy atom. The van der Waals surface area contributed by atoms with E-state index in [1.807, 2.05) is 0 Å². The van der Waals surface area contributed by atoms with Crippen molar-refractivity contribution >= 4 is 46.7 Å². The fourth-order valence-corrected chi connectivity index (χ4v) is 3.10. The zero-order chi connectivity index (χ0) is 13.8. The van der Waals surface area contributed by atoms with Crippen LogP contribution in [0.1, 0.15) is 9.80 Å². The molecular formula is C12H8Cl2N2O2S. The van der Waals surface area contributed by atoms with E-state index >= 15 is 0 Å². The molecule has 0 spiro atoms. The molecule has 1 heterocycles. The van der Waals surface area contributed by atoms with Crippen molar-refractivity contribution in [3.05, 3.63) is 39.4 Å². The first-order valence-electron chi connectivity index (χ1n) is 5.24. The van der Waals surface area contributed by atoms with Gasteiger partial charge in [-0.15, -0.1) is 11.3 Å². The summed E-state index contributed by atoms with van der Waals surface area (Å²) in [6.07, 6.45) is 2.02. The molecule has 0 aliphatic heterocycles. The van der Waals surface area contributed by atoms with Crippen LogP contribution in [-0.4, -0.2) is 23.7 Å². The predicted molar refractivity (Wildman–Crippen MR) is 76.0 cm³/mol. The quantitative estimate of drug-likeness (QED) is 0.681. The molecule has 4 nitrogen and oxygen atoms in total. The number of thiazole rings is 1. The minimum atomic E-state index is -0.258. The number of carbonyl (C=O) groups excluding carboxylic acids is 2. The standard InChI is InChI=1S/C12H8Cl2N2O2S/c13-7-2-1-3-8(14)11(7)10-5-16-12(19-10)9(18)4-15-6-17/h1-3,5-6H,4H2,(H,15,17). The molecule has 0 bridgehead atoms. The maximum absolute atomic E-state index is 11.7. The molecule has 0 atom stereocenters. The molecular weight excluding hydrogens is 307 g/mol. The van der Waals surface area contributed by atoms with Crippen LogP contribution >= 0.6 is 34.5 Å². The number of amides is 1. The highest BCUT2D eigenvalue weighted by Crippen LogP contribution is 2.37. The Morgan fingerprint density at radius 1 is 1.37 bits per heavy atom. The lowest BCUT2D eigenvalue weighted by Crippen LogP contribution is -2.21. The molecule has 98 valence electrons. The van der Waals surface area contributed by atoms with Crippen LogP contribution in [0.4, 0.5) is 0 Å². The topological polar surface area (TPSA) is 59.1 Å². The number of benzene rings is 1. The van der Waals surface area contributed by atoms with E-state index in [9.17, 15) is 9.59 Å². The molecule has 1 aromatic heterocycles. The Balaban J connectivity index is 2.31. The minimum absolute atomic E-state index is 0.0767. The normalized spacial score (nSPS) is 10.2. The summed E-state index contributed by atoms with van der Waals surface area (Å²) in [6.45, 7) is -0.0767. The summed E-state index contributed by atoms with van der Waals surface area (Å²) >= 11 is 13.4. The largest absolute Gasteiger partial charge is 0.351 e. The summed E-state index contributed by atoms with van der Waals surface area (Å²) in [4.78, 5) is 26.6. The molecule has 0 saturated heterocycles. The molecule has 0 unspecified atom stereocenters. The fraction of sp³-hybridized carbons (Fsp3) is 0.0833. The van der Waals surface area contributed by atoms with Crippen LogP contribution in [0.3, 0.4) is 0 Å². The lowest BCUT2D eigenvalue weighted by atomic mass is 10.2. The van der Waals surface area contributed by atoms with E-state index in [4.69, 9.17) is 23.2 Å². The van der Waals surface area contributed by atoms with Crippen molar-refractivity contribution in [2.24, 2.45) is 0 Å². The highest BCUT2D eigenvalue weighted by molar-refractivity contribution is 7.17. The number of Topliss-reactive ketones (excluding diaryl/α,β-unsaturated/α-hetero) is 1. The smallest absolute Gasteiger partial charge is 0.210 e. The highest BCUT2D eigenvalue weighted by atomic mass is 35.5. The predicted octanol–water partition coefficient (Wildman–Crippen LogP) is 3.05. The molecule has 0 radical (unpaired) electrons. The van der Waals surface area contributed by atoms with Gasteiger partial charge in [0.2, 0.25) is 12.2 Å². The van der Waals surface area contributed by atoms with E-state index in [1.165, 1.54) is 11.3 Å². The maximum Gasteiger partial charge on any atom is 0.210 e. The Kier molecular flexibility index (Phi) is 4.52. The summed E-state index contributed by atoms with van der Waals surface area (Å²) in [5.41, 5.74) is 0.658. The van der Waals surface area contributed by atoms with Crippen molar-refractivity contribution in [2.75, 3.05) is 6.54 Å². The summed E-state index contributed by atoms with van der Waals surface area (Å²) in [6, 6.07) is 5.19. The SMILES string of the molecule is O=CNCC(=O)c1ncc(-c2c(Cl)cccc2Cl)s1. The molecule has 19 heavy (non-hydrogen) atoms. The van der Waals surface area contributed by atoms with Gasteiger partial charge in [0.25, 0.3) is 0 Å². The van der Waals surface area contributed by atoms with Crippen LogP contribution in [0.2, 0.25) is 10.0 Å².